The van der Waals surface area contributed by atoms with Gasteiger partial charge in [0.15, 0.2) is 0 Å². The van der Waals surface area contributed by atoms with E-state index in [9.17, 15) is 4.79 Å². The van der Waals surface area contributed by atoms with Gasteiger partial charge in [0.05, 0.1) is 5.56 Å². The molecule has 88 valence electrons. The largest absolute Gasteiger partial charge is 0.352 e. The predicted octanol–water partition coefficient (Wildman–Crippen LogP) is 3.71. The second-order valence-electron chi connectivity index (χ2n) is 3.59. The predicted molar refractivity (Wildman–Crippen MR) is 79.5 cm³/mol. The fraction of sp³-hybridized carbons (Fsp3) is 0.364. The maximum absolute atomic E-state index is 11.8. The molecule has 1 aromatic carbocycles. The molecule has 1 atom stereocenters. The summed E-state index contributed by atoms with van der Waals surface area (Å²) in [5.74, 6) is 0.348. The van der Waals surface area contributed by atoms with Crippen LogP contribution >= 0.6 is 50.1 Å². The molecule has 16 heavy (non-hydrogen) atoms. The summed E-state index contributed by atoms with van der Waals surface area (Å²) >= 11 is 11.4. The molecule has 1 N–H and O–H groups in total. The van der Waals surface area contributed by atoms with Gasteiger partial charge in [-0.25, -0.2) is 0 Å². The Bertz CT molecular complexity index is 386. The van der Waals surface area contributed by atoms with Crippen molar-refractivity contribution in [1.82, 2.24) is 5.32 Å². The first kappa shape index (κ1) is 14.3. The first-order valence-electron chi connectivity index (χ1n) is 4.83. The highest BCUT2D eigenvalue weighted by molar-refractivity contribution is 14.1. The Kier molecular flexibility index (Phi) is 6.07. The molecule has 0 saturated heterocycles. The number of carbonyl (C=O) groups excluding carboxylic acids is 1. The third kappa shape index (κ3) is 4.22. The highest BCUT2D eigenvalue weighted by Gasteiger charge is 2.11. The van der Waals surface area contributed by atoms with E-state index in [0.29, 0.717) is 23.0 Å². The van der Waals surface area contributed by atoms with Crippen molar-refractivity contribution < 1.29 is 4.79 Å². The van der Waals surface area contributed by atoms with Crippen LogP contribution in [0.4, 0.5) is 0 Å². The summed E-state index contributed by atoms with van der Waals surface area (Å²) in [6.45, 7) is 2.73. The van der Waals surface area contributed by atoms with Crippen molar-refractivity contribution >= 4 is 56.0 Å². The zero-order valence-electron chi connectivity index (χ0n) is 8.77. The zero-order chi connectivity index (χ0) is 12.1. The first-order valence-corrected chi connectivity index (χ1v) is 7.41. The molecular formula is C11H12BrClINO. The number of alkyl halides is 1. The van der Waals surface area contributed by atoms with E-state index in [1.165, 1.54) is 0 Å². The van der Waals surface area contributed by atoms with Crippen LogP contribution in [0.1, 0.15) is 17.3 Å². The third-order valence-electron chi connectivity index (χ3n) is 2.05. The van der Waals surface area contributed by atoms with E-state index in [2.05, 4.69) is 50.8 Å². The van der Waals surface area contributed by atoms with Crippen LogP contribution in [0.2, 0.25) is 5.02 Å². The summed E-state index contributed by atoms with van der Waals surface area (Å²) < 4.78 is 0.908. The minimum absolute atomic E-state index is 0.0697. The molecule has 5 heteroatoms. The van der Waals surface area contributed by atoms with Crippen molar-refractivity contribution in [2.24, 2.45) is 5.92 Å². The van der Waals surface area contributed by atoms with Crippen molar-refractivity contribution in [2.45, 2.75) is 6.92 Å². The Morgan fingerprint density at radius 3 is 2.94 bits per heavy atom. The van der Waals surface area contributed by atoms with E-state index in [0.717, 1.165) is 8.90 Å². The lowest BCUT2D eigenvalue weighted by Gasteiger charge is -2.10. The van der Waals surface area contributed by atoms with Crippen molar-refractivity contribution in [3.63, 3.8) is 0 Å². The van der Waals surface area contributed by atoms with Gasteiger partial charge in [-0.05, 0) is 46.7 Å². The Hall–Kier alpha value is 0.190. The number of hydrogen-bond donors (Lipinski definition) is 1. The molecule has 0 spiro atoms. The number of hydrogen-bond acceptors (Lipinski definition) is 1. The minimum Gasteiger partial charge on any atom is -0.352 e. The monoisotopic (exact) mass is 415 g/mol. The standard InChI is InChI=1S/C11H12BrClINO/c1-7(5-12)6-15-11(16)9-4-8(13)2-3-10(9)14/h2-4,7H,5-6H2,1H3,(H,15,16). The van der Waals surface area contributed by atoms with Gasteiger partial charge < -0.3 is 5.32 Å². The van der Waals surface area contributed by atoms with Crippen LogP contribution in [-0.4, -0.2) is 17.8 Å². The van der Waals surface area contributed by atoms with Crippen molar-refractivity contribution in [1.29, 1.82) is 0 Å². The highest BCUT2D eigenvalue weighted by atomic mass is 127. The van der Waals surface area contributed by atoms with Gasteiger partial charge in [0.25, 0.3) is 5.91 Å². The maximum atomic E-state index is 11.8. The van der Waals surface area contributed by atoms with E-state index in [4.69, 9.17) is 11.6 Å². The lowest BCUT2D eigenvalue weighted by atomic mass is 10.2. The number of halogens is 3. The molecule has 0 fully saturated rings. The van der Waals surface area contributed by atoms with Crippen LogP contribution < -0.4 is 5.32 Å². The summed E-state index contributed by atoms with van der Waals surface area (Å²) in [4.78, 5) is 11.8. The van der Waals surface area contributed by atoms with E-state index >= 15 is 0 Å². The SMILES string of the molecule is CC(CBr)CNC(=O)c1cc(Cl)ccc1I. The summed E-state index contributed by atoms with van der Waals surface area (Å²) in [5.41, 5.74) is 0.634. The van der Waals surface area contributed by atoms with Gasteiger partial charge in [0.1, 0.15) is 0 Å². The van der Waals surface area contributed by atoms with Crippen LogP contribution in [0.25, 0.3) is 0 Å². The van der Waals surface area contributed by atoms with Crippen molar-refractivity contribution in [3.05, 3.63) is 32.4 Å². The molecule has 0 aliphatic heterocycles. The van der Waals surface area contributed by atoms with Crippen LogP contribution in [-0.2, 0) is 0 Å². The quantitative estimate of drug-likeness (QED) is 0.589. The molecule has 1 rings (SSSR count). The van der Waals surface area contributed by atoms with Gasteiger partial charge in [-0.2, -0.15) is 0 Å². The fourth-order valence-corrected chi connectivity index (χ4v) is 2.07. The molecule has 0 aromatic heterocycles. The first-order chi connectivity index (χ1) is 7.54. The molecule has 1 aromatic rings. The second kappa shape index (κ2) is 6.81. The normalized spacial score (nSPS) is 12.2. The lowest BCUT2D eigenvalue weighted by molar-refractivity contribution is 0.0948. The summed E-state index contributed by atoms with van der Waals surface area (Å²) in [7, 11) is 0. The third-order valence-corrected chi connectivity index (χ3v) is 4.33. The van der Waals surface area contributed by atoms with Gasteiger partial charge in [0, 0.05) is 20.5 Å². The summed E-state index contributed by atoms with van der Waals surface area (Å²) in [6.07, 6.45) is 0. The van der Waals surface area contributed by atoms with Crippen LogP contribution in [0, 0.1) is 9.49 Å². The van der Waals surface area contributed by atoms with Crippen LogP contribution in [0.3, 0.4) is 0 Å². The Morgan fingerprint density at radius 2 is 2.31 bits per heavy atom. The van der Waals surface area contributed by atoms with Gasteiger partial charge in [-0.3, -0.25) is 4.79 Å². The molecule has 0 aliphatic rings. The second-order valence-corrected chi connectivity index (χ2v) is 5.84. The van der Waals surface area contributed by atoms with E-state index < -0.39 is 0 Å². The Balaban J connectivity index is 2.69. The fourth-order valence-electron chi connectivity index (χ4n) is 1.09. The average molecular weight is 416 g/mol. The lowest BCUT2D eigenvalue weighted by Crippen LogP contribution is -2.29. The van der Waals surface area contributed by atoms with E-state index in [1.807, 2.05) is 6.07 Å². The molecule has 0 aliphatic carbocycles. The van der Waals surface area contributed by atoms with E-state index in [1.54, 1.807) is 12.1 Å². The molecule has 0 bridgehead atoms. The number of carbonyl (C=O) groups is 1. The molecule has 1 unspecified atom stereocenters. The van der Waals surface area contributed by atoms with Crippen molar-refractivity contribution in [2.75, 3.05) is 11.9 Å². The summed E-state index contributed by atoms with van der Waals surface area (Å²) in [6, 6.07) is 5.31. The van der Waals surface area contributed by atoms with Crippen LogP contribution in [0.5, 0.6) is 0 Å². The zero-order valence-corrected chi connectivity index (χ0v) is 13.3. The summed E-state index contributed by atoms with van der Waals surface area (Å²) in [5, 5.41) is 4.34. The molecule has 0 heterocycles. The smallest absolute Gasteiger partial charge is 0.252 e. The number of amides is 1. The van der Waals surface area contributed by atoms with Gasteiger partial charge in [-0.15, -0.1) is 0 Å². The molecule has 0 saturated carbocycles. The molecule has 1 amide bonds. The number of rotatable bonds is 4. The van der Waals surface area contributed by atoms with Crippen LogP contribution in [0.15, 0.2) is 18.2 Å². The highest BCUT2D eigenvalue weighted by Crippen LogP contribution is 2.17. The van der Waals surface area contributed by atoms with Gasteiger partial charge in [-0.1, -0.05) is 34.5 Å². The molecule has 2 nitrogen and oxygen atoms in total. The number of benzene rings is 1. The maximum Gasteiger partial charge on any atom is 0.252 e. The van der Waals surface area contributed by atoms with Crippen molar-refractivity contribution in [3.8, 4) is 0 Å². The molecular weight excluding hydrogens is 404 g/mol. The van der Waals surface area contributed by atoms with E-state index in [-0.39, 0.29) is 5.91 Å². The van der Waals surface area contributed by atoms with Gasteiger partial charge >= 0.3 is 0 Å². The topological polar surface area (TPSA) is 29.1 Å². The minimum atomic E-state index is -0.0697. The number of nitrogens with one attached hydrogen (secondary N) is 1. The Morgan fingerprint density at radius 1 is 1.62 bits per heavy atom. The molecule has 0 radical (unpaired) electrons. The van der Waals surface area contributed by atoms with Gasteiger partial charge in [0.2, 0.25) is 0 Å². The average Bonchev–Trinajstić information content (AvgIpc) is 2.28. The Labute approximate surface area is 122 Å².